The maximum atomic E-state index is 12.5. The number of furan rings is 1. The van der Waals surface area contributed by atoms with Crippen molar-refractivity contribution < 1.29 is 18.9 Å². The molecular weight excluding hydrogens is 422 g/mol. The van der Waals surface area contributed by atoms with Gasteiger partial charge in [-0.05, 0) is 61.5 Å². The van der Waals surface area contributed by atoms with Gasteiger partial charge < -0.3 is 15.1 Å². The molecule has 164 valence electrons. The van der Waals surface area contributed by atoms with Crippen molar-refractivity contribution >= 4 is 28.9 Å². The summed E-state index contributed by atoms with van der Waals surface area (Å²) < 4.78 is 5.56. The molecule has 0 saturated heterocycles. The zero-order chi connectivity index (χ0) is 23.4. The third-order valence-electron chi connectivity index (χ3n) is 4.88. The number of nitro groups is 1. The Bertz CT molecular complexity index is 1340. The molecule has 0 aliphatic rings. The molecule has 2 N–H and O–H groups in total. The molecule has 1 aromatic heterocycles. The number of nitro benzene ring substituents is 1. The van der Waals surface area contributed by atoms with E-state index in [0.717, 1.165) is 5.56 Å². The van der Waals surface area contributed by atoms with Crippen LogP contribution in [0.4, 0.5) is 17.1 Å². The third-order valence-corrected chi connectivity index (χ3v) is 4.88. The van der Waals surface area contributed by atoms with Crippen molar-refractivity contribution in [1.82, 2.24) is 0 Å². The molecule has 0 atom stereocenters. The second-order valence-corrected chi connectivity index (χ2v) is 7.29. The smallest absolute Gasteiger partial charge is 0.291 e. The summed E-state index contributed by atoms with van der Waals surface area (Å²) in [7, 11) is 0. The Hall–Kier alpha value is -4.72. The number of carbonyl (C=O) groups excluding carboxylic acids is 2. The van der Waals surface area contributed by atoms with Gasteiger partial charge in [0.1, 0.15) is 5.76 Å². The Kier molecular flexibility index (Phi) is 5.99. The quantitative estimate of drug-likeness (QED) is 0.296. The molecule has 2 amide bonds. The number of carbonyl (C=O) groups is 2. The molecule has 3 aromatic carbocycles. The topological polar surface area (TPSA) is 114 Å². The predicted molar refractivity (Wildman–Crippen MR) is 124 cm³/mol. The van der Waals surface area contributed by atoms with Gasteiger partial charge in [0.2, 0.25) is 0 Å². The van der Waals surface area contributed by atoms with Gasteiger partial charge in [-0.3, -0.25) is 19.7 Å². The minimum Gasteiger partial charge on any atom is -0.451 e. The Balaban J connectivity index is 1.42. The molecular formula is C25H19N3O5. The first-order valence-electron chi connectivity index (χ1n) is 10.0. The molecule has 0 bridgehead atoms. The molecule has 4 aromatic rings. The molecule has 4 rings (SSSR count). The average molecular weight is 441 g/mol. The highest BCUT2D eigenvalue weighted by Crippen LogP contribution is 2.31. The lowest BCUT2D eigenvalue weighted by atomic mass is 10.1. The summed E-state index contributed by atoms with van der Waals surface area (Å²) in [6, 6.07) is 23.0. The van der Waals surface area contributed by atoms with E-state index in [1.807, 2.05) is 19.1 Å². The molecule has 8 heteroatoms. The highest BCUT2D eigenvalue weighted by molar-refractivity contribution is 6.05. The monoisotopic (exact) mass is 441 g/mol. The standard InChI is InChI=1S/C25H19N3O5/c1-16-5-4-6-17(15-16)24(29)26-18-9-11-19(12-10-18)27-25(30)23-14-13-22(33-23)20-7-2-3-8-21(20)28(31)32/h2-15H,1H3,(H,26,29)(H,27,30). The molecule has 0 fully saturated rings. The van der Waals surface area contributed by atoms with Gasteiger partial charge in [-0.1, -0.05) is 29.8 Å². The first-order valence-corrected chi connectivity index (χ1v) is 10.0. The van der Waals surface area contributed by atoms with E-state index >= 15 is 0 Å². The number of rotatable bonds is 6. The van der Waals surface area contributed by atoms with Crippen LogP contribution in [0.15, 0.2) is 89.3 Å². The Morgan fingerprint density at radius 3 is 2.15 bits per heavy atom. The third kappa shape index (κ3) is 4.96. The van der Waals surface area contributed by atoms with Crippen LogP contribution in [0.1, 0.15) is 26.5 Å². The van der Waals surface area contributed by atoms with Crippen LogP contribution in [-0.4, -0.2) is 16.7 Å². The van der Waals surface area contributed by atoms with Gasteiger partial charge in [-0.2, -0.15) is 0 Å². The van der Waals surface area contributed by atoms with Gasteiger partial charge in [-0.25, -0.2) is 0 Å². The number of anilines is 2. The lowest BCUT2D eigenvalue weighted by Crippen LogP contribution is -2.13. The number of hydrogen-bond donors (Lipinski definition) is 2. The van der Waals surface area contributed by atoms with Crippen molar-refractivity contribution in [2.75, 3.05) is 10.6 Å². The fraction of sp³-hybridized carbons (Fsp3) is 0.0400. The van der Waals surface area contributed by atoms with E-state index in [1.165, 1.54) is 18.2 Å². The minimum absolute atomic E-state index is 0.0139. The van der Waals surface area contributed by atoms with E-state index in [1.54, 1.807) is 54.6 Å². The van der Waals surface area contributed by atoms with Crippen molar-refractivity contribution in [3.63, 3.8) is 0 Å². The predicted octanol–water partition coefficient (Wildman–Crippen LogP) is 5.67. The molecule has 0 radical (unpaired) electrons. The summed E-state index contributed by atoms with van der Waals surface area (Å²) >= 11 is 0. The Morgan fingerprint density at radius 2 is 1.48 bits per heavy atom. The van der Waals surface area contributed by atoms with Gasteiger partial charge in [-0.15, -0.1) is 0 Å². The van der Waals surface area contributed by atoms with Crippen molar-refractivity contribution in [3.05, 3.63) is 112 Å². The molecule has 0 saturated carbocycles. The van der Waals surface area contributed by atoms with Crippen molar-refractivity contribution in [3.8, 4) is 11.3 Å². The number of hydrogen-bond acceptors (Lipinski definition) is 5. The molecule has 0 aliphatic carbocycles. The van der Waals surface area contributed by atoms with Gasteiger partial charge >= 0.3 is 0 Å². The number of aryl methyl sites for hydroxylation is 1. The van der Waals surface area contributed by atoms with Gasteiger partial charge in [0.15, 0.2) is 5.76 Å². The van der Waals surface area contributed by atoms with Crippen LogP contribution in [0.25, 0.3) is 11.3 Å². The summed E-state index contributed by atoms with van der Waals surface area (Å²) in [5.41, 5.74) is 2.80. The zero-order valence-corrected chi connectivity index (χ0v) is 17.6. The second kappa shape index (κ2) is 9.19. The van der Waals surface area contributed by atoms with Crippen LogP contribution < -0.4 is 10.6 Å². The summed E-state index contributed by atoms with van der Waals surface area (Å²) in [5.74, 6) is -0.494. The van der Waals surface area contributed by atoms with Gasteiger partial charge in [0, 0.05) is 23.0 Å². The molecule has 1 heterocycles. The minimum atomic E-state index is -0.503. The molecule has 0 spiro atoms. The Labute approximate surface area is 189 Å². The fourth-order valence-corrected chi connectivity index (χ4v) is 3.27. The van der Waals surface area contributed by atoms with E-state index in [-0.39, 0.29) is 28.7 Å². The van der Waals surface area contributed by atoms with Crippen LogP contribution in [0, 0.1) is 17.0 Å². The van der Waals surface area contributed by atoms with E-state index in [4.69, 9.17) is 4.42 Å². The lowest BCUT2D eigenvalue weighted by molar-refractivity contribution is -0.384. The van der Waals surface area contributed by atoms with Crippen molar-refractivity contribution in [1.29, 1.82) is 0 Å². The number of nitrogens with one attached hydrogen (secondary N) is 2. The van der Waals surface area contributed by atoms with E-state index in [0.29, 0.717) is 16.9 Å². The first-order chi connectivity index (χ1) is 15.9. The van der Waals surface area contributed by atoms with E-state index in [9.17, 15) is 19.7 Å². The van der Waals surface area contributed by atoms with Gasteiger partial charge in [0.25, 0.3) is 17.5 Å². The first kappa shape index (κ1) is 21.5. The summed E-state index contributed by atoms with van der Waals surface area (Å²) in [5, 5.41) is 16.7. The van der Waals surface area contributed by atoms with Crippen LogP contribution >= 0.6 is 0 Å². The molecule has 33 heavy (non-hydrogen) atoms. The molecule has 8 nitrogen and oxygen atoms in total. The van der Waals surface area contributed by atoms with Crippen molar-refractivity contribution in [2.24, 2.45) is 0 Å². The maximum Gasteiger partial charge on any atom is 0.291 e. The Morgan fingerprint density at radius 1 is 0.818 bits per heavy atom. The second-order valence-electron chi connectivity index (χ2n) is 7.29. The van der Waals surface area contributed by atoms with Crippen molar-refractivity contribution in [2.45, 2.75) is 6.92 Å². The highest BCUT2D eigenvalue weighted by Gasteiger charge is 2.19. The SMILES string of the molecule is Cc1cccc(C(=O)Nc2ccc(NC(=O)c3ccc(-c4ccccc4[N+](=O)[O-])o3)cc2)c1. The molecule has 0 aliphatic heterocycles. The maximum absolute atomic E-state index is 12.5. The average Bonchev–Trinajstić information content (AvgIpc) is 3.31. The number of amides is 2. The fourth-order valence-electron chi connectivity index (χ4n) is 3.27. The van der Waals surface area contributed by atoms with Crippen LogP contribution in [-0.2, 0) is 0 Å². The molecule has 0 unspecified atom stereocenters. The lowest BCUT2D eigenvalue weighted by Gasteiger charge is -2.08. The van der Waals surface area contributed by atoms with Crippen LogP contribution in [0.2, 0.25) is 0 Å². The highest BCUT2D eigenvalue weighted by atomic mass is 16.6. The number of para-hydroxylation sites is 1. The number of nitrogens with zero attached hydrogens (tertiary/aromatic N) is 1. The van der Waals surface area contributed by atoms with Crippen LogP contribution in [0.3, 0.4) is 0 Å². The summed E-state index contributed by atoms with van der Waals surface area (Å²) in [6.07, 6.45) is 0. The number of benzene rings is 3. The largest absolute Gasteiger partial charge is 0.451 e. The zero-order valence-electron chi connectivity index (χ0n) is 17.6. The van der Waals surface area contributed by atoms with Gasteiger partial charge in [0.05, 0.1) is 10.5 Å². The summed E-state index contributed by atoms with van der Waals surface area (Å²) in [6.45, 7) is 1.91. The van der Waals surface area contributed by atoms with E-state index < -0.39 is 10.8 Å². The normalized spacial score (nSPS) is 10.5. The van der Waals surface area contributed by atoms with E-state index in [2.05, 4.69) is 10.6 Å². The van der Waals surface area contributed by atoms with Crippen LogP contribution in [0.5, 0.6) is 0 Å². The summed E-state index contributed by atoms with van der Waals surface area (Å²) in [4.78, 5) is 35.6.